The maximum absolute atomic E-state index is 11.7. The van der Waals surface area contributed by atoms with E-state index in [2.05, 4.69) is 31.4 Å². The molecule has 1 amide bonds. The molecule has 112 valence electrons. The van der Waals surface area contributed by atoms with E-state index >= 15 is 0 Å². The number of carbonyl (C=O) groups is 1. The Bertz CT molecular complexity index is 304. The highest BCUT2D eigenvalue weighted by Gasteiger charge is 2.31. The summed E-state index contributed by atoms with van der Waals surface area (Å²) in [5.41, 5.74) is 0.362. The van der Waals surface area contributed by atoms with Gasteiger partial charge in [-0.2, -0.15) is 0 Å². The molecule has 0 spiro atoms. The summed E-state index contributed by atoms with van der Waals surface area (Å²) in [6, 6.07) is 0.579. The first-order valence-corrected chi connectivity index (χ1v) is 7.63. The van der Waals surface area contributed by atoms with Crippen molar-refractivity contribution in [2.24, 2.45) is 11.3 Å². The van der Waals surface area contributed by atoms with Crippen LogP contribution in [0.4, 0.5) is 0 Å². The summed E-state index contributed by atoms with van der Waals surface area (Å²) in [7, 11) is 0. The molecule has 1 fully saturated rings. The van der Waals surface area contributed by atoms with E-state index in [1.807, 2.05) is 20.8 Å². The molecule has 1 rings (SSSR count). The minimum absolute atomic E-state index is 0.126. The standard InChI is InChI=1S/C16H32N2O/c1-12-11-16(5,6)9-7-13(12)17-10-8-14(19)18-15(2,3)4/h12-13,17H,7-11H2,1-6H3,(H,18,19). The second kappa shape index (κ2) is 6.25. The Balaban J connectivity index is 2.25. The molecule has 2 unspecified atom stereocenters. The molecule has 0 aliphatic heterocycles. The molecule has 0 aromatic rings. The lowest BCUT2D eigenvalue weighted by Gasteiger charge is -2.39. The van der Waals surface area contributed by atoms with E-state index in [-0.39, 0.29) is 11.4 Å². The molecule has 0 saturated heterocycles. The first-order chi connectivity index (χ1) is 8.59. The highest BCUT2D eigenvalue weighted by molar-refractivity contribution is 5.76. The number of rotatable bonds is 4. The van der Waals surface area contributed by atoms with Crippen molar-refractivity contribution in [1.29, 1.82) is 0 Å². The van der Waals surface area contributed by atoms with Crippen molar-refractivity contribution >= 4 is 5.91 Å². The van der Waals surface area contributed by atoms with E-state index in [0.29, 0.717) is 23.8 Å². The van der Waals surface area contributed by atoms with Crippen LogP contribution in [0.5, 0.6) is 0 Å². The van der Waals surface area contributed by atoms with E-state index in [1.165, 1.54) is 19.3 Å². The fourth-order valence-corrected chi connectivity index (χ4v) is 3.10. The van der Waals surface area contributed by atoms with Crippen LogP contribution in [-0.2, 0) is 4.79 Å². The minimum Gasteiger partial charge on any atom is -0.351 e. The third kappa shape index (κ3) is 6.42. The van der Waals surface area contributed by atoms with Crippen molar-refractivity contribution in [2.75, 3.05) is 6.54 Å². The highest BCUT2D eigenvalue weighted by atomic mass is 16.1. The Kier molecular flexibility index (Phi) is 5.43. The van der Waals surface area contributed by atoms with Crippen LogP contribution >= 0.6 is 0 Å². The first kappa shape index (κ1) is 16.5. The van der Waals surface area contributed by atoms with Crippen LogP contribution in [0.1, 0.15) is 67.2 Å². The highest BCUT2D eigenvalue weighted by Crippen LogP contribution is 2.38. The van der Waals surface area contributed by atoms with E-state index in [4.69, 9.17) is 0 Å². The Morgan fingerprint density at radius 1 is 1.32 bits per heavy atom. The predicted molar refractivity (Wildman–Crippen MR) is 81.1 cm³/mol. The summed E-state index contributed by atoms with van der Waals surface area (Å²) in [6.07, 6.45) is 4.36. The van der Waals surface area contributed by atoms with Gasteiger partial charge in [-0.25, -0.2) is 0 Å². The lowest BCUT2D eigenvalue weighted by Crippen LogP contribution is -2.45. The molecule has 3 nitrogen and oxygen atoms in total. The number of carbonyl (C=O) groups excluding carboxylic acids is 1. The van der Waals surface area contributed by atoms with E-state index < -0.39 is 0 Å². The van der Waals surface area contributed by atoms with Crippen LogP contribution < -0.4 is 10.6 Å². The van der Waals surface area contributed by atoms with Crippen molar-refractivity contribution in [1.82, 2.24) is 10.6 Å². The monoisotopic (exact) mass is 268 g/mol. The molecular weight excluding hydrogens is 236 g/mol. The Morgan fingerprint density at radius 3 is 2.47 bits per heavy atom. The zero-order valence-corrected chi connectivity index (χ0v) is 13.6. The molecule has 1 aliphatic carbocycles. The van der Waals surface area contributed by atoms with Gasteiger partial charge in [-0.3, -0.25) is 4.79 Å². The van der Waals surface area contributed by atoms with Gasteiger partial charge in [0.05, 0.1) is 0 Å². The molecular formula is C16H32N2O. The summed E-state index contributed by atoms with van der Waals surface area (Å²) in [6.45, 7) is 13.9. The average Bonchev–Trinajstić information content (AvgIpc) is 2.17. The van der Waals surface area contributed by atoms with Crippen LogP contribution in [-0.4, -0.2) is 24.0 Å². The third-order valence-corrected chi connectivity index (χ3v) is 3.97. The van der Waals surface area contributed by atoms with Crippen LogP contribution in [0, 0.1) is 11.3 Å². The van der Waals surface area contributed by atoms with E-state index in [0.717, 1.165) is 6.54 Å². The molecule has 19 heavy (non-hydrogen) atoms. The van der Waals surface area contributed by atoms with Gasteiger partial charge in [-0.1, -0.05) is 20.8 Å². The third-order valence-electron chi connectivity index (χ3n) is 3.97. The van der Waals surface area contributed by atoms with Crippen LogP contribution in [0.15, 0.2) is 0 Å². The van der Waals surface area contributed by atoms with Crippen LogP contribution in [0.2, 0.25) is 0 Å². The molecule has 0 heterocycles. The SMILES string of the molecule is CC1CC(C)(C)CCC1NCCC(=O)NC(C)(C)C. The van der Waals surface area contributed by atoms with Gasteiger partial charge >= 0.3 is 0 Å². The van der Waals surface area contributed by atoms with Crippen molar-refractivity contribution in [3.8, 4) is 0 Å². The zero-order valence-electron chi connectivity index (χ0n) is 13.6. The van der Waals surface area contributed by atoms with Gasteiger partial charge in [0.2, 0.25) is 5.91 Å². The quantitative estimate of drug-likeness (QED) is 0.822. The Hall–Kier alpha value is -0.570. The molecule has 0 bridgehead atoms. The molecule has 0 aromatic carbocycles. The van der Waals surface area contributed by atoms with Crippen molar-refractivity contribution < 1.29 is 4.79 Å². The molecule has 1 saturated carbocycles. The number of hydrogen-bond donors (Lipinski definition) is 2. The molecule has 3 heteroatoms. The summed E-state index contributed by atoms with van der Waals surface area (Å²) in [5, 5.41) is 6.57. The Labute approximate surface area is 118 Å². The molecule has 0 aromatic heterocycles. The predicted octanol–water partition coefficient (Wildman–Crippen LogP) is 3.10. The molecule has 0 radical (unpaired) electrons. The van der Waals surface area contributed by atoms with Gasteiger partial charge in [0, 0.05) is 24.5 Å². The summed E-state index contributed by atoms with van der Waals surface area (Å²) >= 11 is 0. The lowest BCUT2D eigenvalue weighted by atomic mass is 9.70. The Morgan fingerprint density at radius 2 is 1.95 bits per heavy atom. The molecule has 2 atom stereocenters. The topological polar surface area (TPSA) is 41.1 Å². The van der Waals surface area contributed by atoms with E-state index in [1.54, 1.807) is 0 Å². The fraction of sp³-hybridized carbons (Fsp3) is 0.938. The van der Waals surface area contributed by atoms with Gasteiger partial charge in [0.15, 0.2) is 0 Å². The van der Waals surface area contributed by atoms with Gasteiger partial charge in [-0.05, 0) is 51.4 Å². The van der Waals surface area contributed by atoms with Crippen LogP contribution in [0.3, 0.4) is 0 Å². The summed E-state index contributed by atoms with van der Waals surface area (Å²) in [4.78, 5) is 11.7. The van der Waals surface area contributed by atoms with Gasteiger partial charge < -0.3 is 10.6 Å². The van der Waals surface area contributed by atoms with Crippen molar-refractivity contribution in [2.45, 2.75) is 78.8 Å². The van der Waals surface area contributed by atoms with Crippen LogP contribution in [0.25, 0.3) is 0 Å². The normalized spacial score (nSPS) is 27.1. The smallest absolute Gasteiger partial charge is 0.221 e. The largest absolute Gasteiger partial charge is 0.351 e. The maximum Gasteiger partial charge on any atom is 0.221 e. The second-order valence-corrected chi connectivity index (χ2v) is 7.99. The van der Waals surface area contributed by atoms with Gasteiger partial charge in [-0.15, -0.1) is 0 Å². The molecule has 1 aliphatic rings. The first-order valence-electron chi connectivity index (χ1n) is 7.63. The van der Waals surface area contributed by atoms with E-state index in [9.17, 15) is 4.79 Å². The minimum atomic E-state index is -0.126. The second-order valence-electron chi connectivity index (χ2n) is 7.99. The summed E-state index contributed by atoms with van der Waals surface area (Å²) < 4.78 is 0. The van der Waals surface area contributed by atoms with Gasteiger partial charge in [0.1, 0.15) is 0 Å². The lowest BCUT2D eigenvalue weighted by molar-refractivity contribution is -0.122. The number of amides is 1. The number of hydrogen-bond acceptors (Lipinski definition) is 2. The molecule has 2 N–H and O–H groups in total. The van der Waals surface area contributed by atoms with Gasteiger partial charge in [0.25, 0.3) is 0 Å². The maximum atomic E-state index is 11.7. The van der Waals surface area contributed by atoms with Crippen molar-refractivity contribution in [3.05, 3.63) is 0 Å². The number of nitrogens with one attached hydrogen (secondary N) is 2. The van der Waals surface area contributed by atoms with Crippen molar-refractivity contribution in [3.63, 3.8) is 0 Å². The zero-order chi connectivity index (χ0) is 14.7. The fourth-order valence-electron chi connectivity index (χ4n) is 3.10. The summed E-state index contributed by atoms with van der Waals surface area (Å²) in [5.74, 6) is 0.846. The average molecular weight is 268 g/mol.